The quantitative estimate of drug-likeness (QED) is 0.819. The molecule has 1 amide bonds. The number of ether oxygens (including phenoxy) is 2. The summed E-state index contributed by atoms with van der Waals surface area (Å²) in [5.74, 6) is 1.22. The molecule has 2 fully saturated rings. The molecular formula is C20H28ClN3O3. The van der Waals surface area contributed by atoms with E-state index in [0.29, 0.717) is 22.8 Å². The van der Waals surface area contributed by atoms with Gasteiger partial charge in [-0.15, -0.1) is 0 Å². The number of likely N-dealkylation sites (tertiary alicyclic amines) is 1. The Balaban J connectivity index is 1.31. The highest BCUT2D eigenvalue weighted by Crippen LogP contribution is 2.34. The predicted octanol–water partition coefficient (Wildman–Crippen LogP) is 2.18. The molecule has 7 heteroatoms. The number of carbonyl (C=O) groups is 1. The molecule has 0 radical (unpaired) electrons. The van der Waals surface area contributed by atoms with Crippen LogP contribution in [-0.4, -0.2) is 55.9 Å². The first-order valence-electron chi connectivity index (χ1n) is 9.94. The minimum absolute atomic E-state index is 0.120. The maximum absolute atomic E-state index is 12.8. The van der Waals surface area contributed by atoms with Gasteiger partial charge in [-0.25, -0.2) is 0 Å². The third kappa shape index (κ3) is 4.57. The Kier molecular flexibility index (Phi) is 5.88. The highest BCUT2D eigenvalue weighted by atomic mass is 35.5. The largest absolute Gasteiger partial charge is 0.474 e. The molecule has 0 aliphatic carbocycles. The van der Waals surface area contributed by atoms with Crippen molar-refractivity contribution in [1.82, 2.24) is 10.2 Å². The van der Waals surface area contributed by atoms with Crippen LogP contribution < -0.4 is 15.8 Å². The van der Waals surface area contributed by atoms with Crippen LogP contribution in [0.5, 0.6) is 5.75 Å². The molecular weight excluding hydrogens is 366 g/mol. The fourth-order valence-electron chi connectivity index (χ4n) is 4.34. The zero-order valence-electron chi connectivity index (χ0n) is 15.6. The number of piperidine rings is 1. The van der Waals surface area contributed by atoms with Gasteiger partial charge in [-0.1, -0.05) is 11.6 Å². The summed E-state index contributed by atoms with van der Waals surface area (Å²) < 4.78 is 11.1. The van der Waals surface area contributed by atoms with Gasteiger partial charge in [0.15, 0.2) is 6.23 Å². The Labute approximate surface area is 165 Å². The van der Waals surface area contributed by atoms with Gasteiger partial charge in [0, 0.05) is 55.9 Å². The number of hydrogen-bond acceptors (Lipinski definition) is 5. The second-order valence-electron chi connectivity index (χ2n) is 7.91. The molecule has 0 aromatic heterocycles. The minimum atomic E-state index is -0.404. The maximum atomic E-state index is 12.8. The molecule has 3 heterocycles. The minimum Gasteiger partial charge on any atom is -0.474 e. The van der Waals surface area contributed by atoms with Crippen LogP contribution in [-0.2, 0) is 11.2 Å². The topological polar surface area (TPSA) is 76.8 Å². The van der Waals surface area contributed by atoms with Gasteiger partial charge in [-0.2, -0.15) is 0 Å². The van der Waals surface area contributed by atoms with Gasteiger partial charge in [0.05, 0.1) is 5.56 Å². The van der Waals surface area contributed by atoms with Crippen LogP contribution >= 0.6 is 11.6 Å². The van der Waals surface area contributed by atoms with E-state index in [0.717, 1.165) is 57.2 Å². The van der Waals surface area contributed by atoms with Gasteiger partial charge in [-0.05, 0) is 43.7 Å². The average Bonchev–Trinajstić information content (AvgIpc) is 3.03. The highest BCUT2D eigenvalue weighted by molar-refractivity contribution is 6.31. The van der Waals surface area contributed by atoms with Crippen molar-refractivity contribution in [2.24, 2.45) is 11.7 Å². The lowest BCUT2D eigenvalue weighted by Gasteiger charge is -2.35. The number of halogens is 1. The molecule has 0 bridgehead atoms. The number of hydrogen-bond donors (Lipinski definition) is 2. The van der Waals surface area contributed by atoms with Crippen LogP contribution in [0.4, 0.5) is 0 Å². The molecule has 1 atom stereocenters. The van der Waals surface area contributed by atoms with E-state index in [4.69, 9.17) is 26.8 Å². The SMILES string of the molecule is NC1Cc2cc(Cl)cc(C(=O)NC3CCN(CC4CCOCC4)CC3)c2O1. The van der Waals surface area contributed by atoms with E-state index < -0.39 is 6.23 Å². The maximum Gasteiger partial charge on any atom is 0.255 e. The number of nitrogens with two attached hydrogens (primary N) is 1. The number of nitrogens with zero attached hydrogens (tertiary/aromatic N) is 1. The fraction of sp³-hybridized carbons (Fsp3) is 0.650. The van der Waals surface area contributed by atoms with Gasteiger partial charge in [0.1, 0.15) is 5.75 Å². The van der Waals surface area contributed by atoms with E-state index in [2.05, 4.69) is 10.2 Å². The van der Waals surface area contributed by atoms with E-state index in [-0.39, 0.29) is 11.9 Å². The van der Waals surface area contributed by atoms with E-state index >= 15 is 0 Å². The van der Waals surface area contributed by atoms with E-state index in [1.807, 2.05) is 6.07 Å². The zero-order valence-corrected chi connectivity index (χ0v) is 16.3. The molecule has 6 nitrogen and oxygen atoms in total. The van der Waals surface area contributed by atoms with Crippen LogP contribution in [0.1, 0.15) is 41.6 Å². The smallest absolute Gasteiger partial charge is 0.255 e. The molecule has 3 N–H and O–H groups in total. The summed E-state index contributed by atoms with van der Waals surface area (Å²) in [5, 5.41) is 3.71. The van der Waals surface area contributed by atoms with Crippen LogP contribution in [0.3, 0.4) is 0 Å². The van der Waals surface area contributed by atoms with Gasteiger partial charge >= 0.3 is 0 Å². The Bertz CT molecular complexity index is 685. The average molecular weight is 394 g/mol. The molecule has 2 saturated heterocycles. The summed E-state index contributed by atoms with van der Waals surface area (Å²) in [5.41, 5.74) is 7.27. The van der Waals surface area contributed by atoms with Crippen molar-refractivity contribution in [2.75, 3.05) is 32.8 Å². The molecule has 1 aromatic rings. The molecule has 1 aromatic carbocycles. The van der Waals surface area contributed by atoms with Gasteiger partial charge in [0.25, 0.3) is 5.91 Å². The molecule has 1 unspecified atom stereocenters. The molecule has 4 rings (SSSR count). The fourth-order valence-corrected chi connectivity index (χ4v) is 4.58. The third-order valence-corrected chi connectivity index (χ3v) is 6.06. The molecule has 3 aliphatic rings. The Morgan fingerprint density at radius 3 is 2.70 bits per heavy atom. The number of fused-ring (bicyclic) bond motifs is 1. The van der Waals surface area contributed by atoms with Crippen LogP contribution in [0, 0.1) is 5.92 Å². The standard InChI is InChI=1S/C20H28ClN3O3/c21-15-9-14-10-18(22)27-19(14)17(11-15)20(25)23-16-1-5-24(6-2-16)12-13-3-7-26-8-4-13/h9,11,13,16,18H,1-8,10,12,22H2,(H,23,25). The zero-order chi connectivity index (χ0) is 18.8. The first-order valence-corrected chi connectivity index (χ1v) is 10.3. The third-order valence-electron chi connectivity index (χ3n) is 5.85. The number of carbonyl (C=O) groups excluding carboxylic acids is 1. The van der Waals surface area contributed by atoms with Gasteiger partial charge < -0.3 is 19.7 Å². The number of benzene rings is 1. The van der Waals surface area contributed by atoms with Crippen molar-refractivity contribution >= 4 is 17.5 Å². The van der Waals surface area contributed by atoms with Crippen molar-refractivity contribution in [1.29, 1.82) is 0 Å². The number of nitrogens with one attached hydrogen (secondary N) is 1. The summed E-state index contributed by atoms with van der Waals surface area (Å²) in [6.45, 7) is 4.99. The summed E-state index contributed by atoms with van der Waals surface area (Å²) in [6.07, 6.45) is 4.45. The van der Waals surface area contributed by atoms with Crippen molar-refractivity contribution < 1.29 is 14.3 Å². The van der Waals surface area contributed by atoms with Crippen molar-refractivity contribution in [2.45, 2.75) is 44.4 Å². The van der Waals surface area contributed by atoms with Gasteiger partial charge in [-0.3, -0.25) is 10.5 Å². The van der Waals surface area contributed by atoms with Crippen LogP contribution in [0.25, 0.3) is 0 Å². The summed E-state index contributed by atoms with van der Waals surface area (Å²) in [4.78, 5) is 15.3. The summed E-state index contributed by atoms with van der Waals surface area (Å²) in [7, 11) is 0. The first-order chi connectivity index (χ1) is 13.1. The van der Waals surface area contributed by atoms with E-state index in [1.54, 1.807) is 6.07 Å². The normalized spacial score (nSPS) is 24.4. The van der Waals surface area contributed by atoms with Crippen molar-refractivity contribution in [3.8, 4) is 5.75 Å². The lowest BCUT2D eigenvalue weighted by molar-refractivity contribution is 0.0477. The second-order valence-corrected chi connectivity index (χ2v) is 8.34. The Morgan fingerprint density at radius 2 is 1.96 bits per heavy atom. The van der Waals surface area contributed by atoms with E-state index in [9.17, 15) is 4.79 Å². The summed E-state index contributed by atoms with van der Waals surface area (Å²) >= 11 is 6.18. The number of amides is 1. The second kappa shape index (κ2) is 8.35. The highest BCUT2D eigenvalue weighted by Gasteiger charge is 2.29. The first kappa shape index (κ1) is 19.0. The lowest BCUT2D eigenvalue weighted by atomic mass is 9.97. The molecule has 148 valence electrons. The Morgan fingerprint density at radius 1 is 1.22 bits per heavy atom. The molecule has 0 saturated carbocycles. The molecule has 3 aliphatic heterocycles. The molecule has 27 heavy (non-hydrogen) atoms. The van der Waals surface area contributed by atoms with Gasteiger partial charge in [0.2, 0.25) is 0 Å². The predicted molar refractivity (Wildman–Crippen MR) is 104 cm³/mol. The van der Waals surface area contributed by atoms with E-state index in [1.165, 1.54) is 12.8 Å². The van der Waals surface area contributed by atoms with Crippen LogP contribution in [0.15, 0.2) is 12.1 Å². The molecule has 0 spiro atoms. The van der Waals surface area contributed by atoms with Crippen molar-refractivity contribution in [3.63, 3.8) is 0 Å². The summed E-state index contributed by atoms with van der Waals surface area (Å²) in [6, 6.07) is 3.69. The number of rotatable bonds is 4. The van der Waals surface area contributed by atoms with Crippen LogP contribution in [0.2, 0.25) is 5.02 Å². The Hall–Kier alpha value is -1.34. The monoisotopic (exact) mass is 393 g/mol. The van der Waals surface area contributed by atoms with Crippen molar-refractivity contribution in [3.05, 3.63) is 28.3 Å². The lowest BCUT2D eigenvalue weighted by Crippen LogP contribution is -2.46.